The van der Waals surface area contributed by atoms with E-state index in [0.29, 0.717) is 0 Å². The lowest BCUT2D eigenvalue weighted by molar-refractivity contribution is 0.0681. The molecule has 140 valence electrons. The lowest BCUT2D eigenvalue weighted by atomic mass is 9.98. The van der Waals surface area contributed by atoms with Crippen LogP contribution in [0, 0.1) is 0 Å². The Morgan fingerprint density at radius 1 is 0.962 bits per heavy atom. The zero-order valence-corrected chi connectivity index (χ0v) is 16.0. The van der Waals surface area contributed by atoms with Crippen molar-refractivity contribution in [2.75, 3.05) is 0 Å². The van der Waals surface area contributed by atoms with Crippen LogP contribution in [0.1, 0.15) is 63.1 Å². The van der Waals surface area contributed by atoms with E-state index in [9.17, 15) is 15.3 Å². The fourth-order valence-electron chi connectivity index (χ4n) is 3.06. The van der Waals surface area contributed by atoms with Gasteiger partial charge in [0.1, 0.15) is 11.5 Å². The summed E-state index contributed by atoms with van der Waals surface area (Å²) in [5.41, 5.74) is 3.63. The van der Waals surface area contributed by atoms with Crippen molar-refractivity contribution < 1.29 is 15.3 Å². The van der Waals surface area contributed by atoms with Crippen LogP contribution in [-0.2, 0) is 6.42 Å². The number of phenols is 2. The first-order valence-electron chi connectivity index (χ1n) is 9.26. The Labute approximate surface area is 156 Å². The molecule has 0 saturated heterocycles. The van der Waals surface area contributed by atoms with E-state index in [1.165, 1.54) is 11.6 Å². The molecule has 3 N–H and O–H groups in total. The number of allylic oxidation sites excluding steroid dienone is 1. The van der Waals surface area contributed by atoms with Gasteiger partial charge in [-0.2, -0.15) is 0 Å². The molecule has 0 unspecified atom stereocenters. The fraction of sp³-hybridized carbons (Fsp3) is 0.391. The summed E-state index contributed by atoms with van der Waals surface area (Å²) in [7, 11) is 0. The number of aromatic hydroxyl groups is 2. The SMILES string of the molecule is C/C(=C\c1cccc(CCCCCC(C)(C)O)c1)c1cc(O)cc(O)c1. The topological polar surface area (TPSA) is 60.7 Å². The molecule has 0 atom stereocenters. The predicted molar refractivity (Wildman–Crippen MR) is 108 cm³/mol. The van der Waals surface area contributed by atoms with E-state index in [1.54, 1.807) is 12.1 Å². The van der Waals surface area contributed by atoms with Gasteiger partial charge in [-0.1, -0.05) is 43.2 Å². The Morgan fingerprint density at radius 2 is 1.65 bits per heavy atom. The van der Waals surface area contributed by atoms with Gasteiger partial charge in [-0.3, -0.25) is 0 Å². The van der Waals surface area contributed by atoms with Gasteiger partial charge in [0.2, 0.25) is 0 Å². The Hall–Kier alpha value is -2.26. The summed E-state index contributed by atoms with van der Waals surface area (Å²) in [6.07, 6.45) is 7.20. The van der Waals surface area contributed by atoms with Crippen LogP contribution >= 0.6 is 0 Å². The summed E-state index contributed by atoms with van der Waals surface area (Å²) >= 11 is 0. The molecule has 26 heavy (non-hydrogen) atoms. The van der Waals surface area contributed by atoms with Crippen molar-refractivity contribution in [3.8, 4) is 11.5 Å². The van der Waals surface area contributed by atoms with Crippen LogP contribution < -0.4 is 0 Å². The van der Waals surface area contributed by atoms with Crippen molar-refractivity contribution in [3.63, 3.8) is 0 Å². The monoisotopic (exact) mass is 354 g/mol. The highest BCUT2D eigenvalue weighted by atomic mass is 16.3. The normalized spacial score (nSPS) is 12.4. The number of aliphatic hydroxyl groups is 1. The maximum Gasteiger partial charge on any atom is 0.119 e. The second kappa shape index (κ2) is 8.91. The van der Waals surface area contributed by atoms with Crippen molar-refractivity contribution in [2.24, 2.45) is 0 Å². The van der Waals surface area contributed by atoms with Gasteiger partial charge in [0.25, 0.3) is 0 Å². The summed E-state index contributed by atoms with van der Waals surface area (Å²) in [5, 5.41) is 29.0. The number of aryl methyl sites for hydroxylation is 1. The Kier molecular flexibility index (Phi) is 6.87. The van der Waals surface area contributed by atoms with E-state index in [2.05, 4.69) is 30.3 Å². The second-order valence-electron chi connectivity index (χ2n) is 7.68. The maximum atomic E-state index is 9.74. The number of hydrogen-bond donors (Lipinski definition) is 3. The average Bonchev–Trinajstić information content (AvgIpc) is 2.53. The first-order chi connectivity index (χ1) is 12.2. The minimum Gasteiger partial charge on any atom is -0.508 e. The predicted octanol–water partition coefficient (Wildman–Crippen LogP) is 5.53. The zero-order valence-electron chi connectivity index (χ0n) is 16.0. The van der Waals surface area contributed by atoms with Gasteiger partial charge in [0.15, 0.2) is 0 Å². The highest BCUT2D eigenvalue weighted by Crippen LogP contribution is 2.27. The van der Waals surface area contributed by atoms with E-state index in [-0.39, 0.29) is 11.5 Å². The van der Waals surface area contributed by atoms with E-state index in [4.69, 9.17) is 0 Å². The Morgan fingerprint density at radius 3 is 2.31 bits per heavy atom. The molecule has 0 aliphatic carbocycles. The summed E-state index contributed by atoms with van der Waals surface area (Å²) in [6.45, 7) is 5.69. The summed E-state index contributed by atoms with van der Waals surface area (Å²) in [6, 6.07) is 13.1. The molecule has 0 saturated carbocycles. The van der Waals surface area contributed by atoms with Crippen molar-refractivity contribution in [2.45, 2.75) is 58.5 Å². The molecule has 0 aromatic heterocycles. The standard InChI is InChI=1S/C23H30O3/c1-17(20-14-21(24)16-22(25)15-20)12-19-10-7-9-18(13-19)8-5-4-6-11-23(2,3)26/h7,9-10,12-16,24-26H,4-6,8,11H2,1-3H3/b17-12+. The summed E-state index contributed by atoms with van der Waals surface area (Å²) in [5.74, 6) is 0.125. The van der Waals surface area contributed by atoms with Crippen molar-refractivity contribution >= 4 is 11.6 Å². The van der Waals surface area contributed by atoms with Gasteiger partial charge in [0.05, 0.1) is 5.60 Å². The molecule has 0 amide bonds. The van der Waals surface area contributed by atoms with E-state index in [0.717, 1.165) is 48.8 Å². The molecular weight excluding hydrogens is 324 g/mol. The molecular formula is C23H30O3. The molecule has 0 heterocycles. The van der Waals surface area contributed by atoms with Gasteiger partial charge in [-0.15, -0.1) is 0 Å². The first kappa shape index (κ1) is 20.1. The minimum absolute atomic E-state index is 0.0626. The smallest absolute Gasteiger partial charge is 0.119 e. The molecule has 0 aliphatic heterocycles. The fourth-order valence-corrected chi connectivity index (χ4v) is 3.06. The molecule has 2 aromatic rings. The lowest BCUT2D eigenvalue weighted by Crippen LogP contribution is -2.17. The quantitative estimate of drug-likeness (QED) is 0.431. The van der Waals surface area contributed by atoms with Crippen LogP contribution in [0.15, 0.2) is 42.5 Å². The maximum absolute atomic E-state index is 9.74. The summed E-state index contributed by atoms with van der Waals surface area (Å²) < 4.78 is 0. The molecule has 0 fully saturated rings. The summed E-state index contributed by atoms with van der Waals surface area (Å²) in [4.78, 5) is 0. The number of phenolic OH excluding ortho intramolecular Hbond substituents is 2. The molecule has 0 spiro atoms. The Balaban J connectivity index is 1.97. The van der Waals surface area contributed by atoms with Crippen molar-refractivity contribution in [1.29, 1.82) is 0 Å². The molecule has 3 nitrogen and oxygen atoms in total. The highest BCUT2D eigenvalue weighted by molar-refractivity contribution is 5.81. The van der Waals surface area contributed by atoms with Gasteiger partial charge in [-0.05, 0) is 74.4 Å². The number of unbranched alkanes of at least 4 members (excludes halogenated alkanes) is 2. The third-order valence-electron chi connectivity index (χ3n) is 4.45. The molecule has 3 heteroatoms. The molecule has 2 aromatic carbocycles. The average molecular weight is 354 g/mol. The number of hydrogen-bond acceptors (Lipinski definition) is 3. The third kappa shape index (κ3) is 6.93. The molecule has 0 radical (unpaired) electrons. The van der Waals surface area contributed by atoms with E-state index >= 15 is 0 Å². The van der Waals surface area contributed by atoms with Crippen molar-refractivity contribution in [3.05, 3.63) is 59.2 Å². The molecule has 0 bridgehead atoms. The third-order valence-corrected chi connectivity index (χ3v) is 4.45. The second-order valence-corrected chi connectivity index (χ2v) is 7.68. The van der Waals surface area contributed by atoms with E-state index in [1.807, 2.05) is 20.8 Å². The van der Waals surface area contributed by atoms with Crippen LogP contribution in [-0.4, -0.2) is 20.9 Å². The van der Waals surface area contributed by atoms with Gasteiger partial charge >= 0.3 is 0 Å². The number of rotatable bonds is 8. The largest absolute Gasteiger partial charge is 0.508 e. The minimum atomic E-state index is -0.567. The number of benzene rings is 2. The molecule has 2 rings (SSSR count). The van der Waals surface area contributed by atoms with Gasteiger partial charge < -0.3 is 15.3 Å². The van der Waals surface area contributed by atoms with Crippen molar-refractivity contribution in [1.82, 2.24) is 0 Å². The van der Waals surface area contributed by atoms with Crippen LogP contribution in [0.2, 0.25) is 0 Å². The van der Waals surface area contributed by atoms with Crippen LogP contribution in [0.3, 0.4) is 0 Å². The van der Waals surface area contributed by atoms with Crippen LogP contribution in [0.25, 0.3) is 11.6 Å². The van der Waals surface area contributed by atoms with E-state index < -0.39 is 5.60 Å². The van der Waals surface area contributed by atoms with Crippen LogP contribution in [0.4, 0.5) is 0 Å². The zero-order chi connectivity index (χ0) is 19.2. The van der Waals surface area contributed by atoms with Gasteiger partial charge in [-0.25, -0.2) is 0 Å². The highest BCUT2D eigenvalue weighted by Gasteiger charge is 2.10. The Bertz CT molecular complexity index is 734. The first-order valence-corrected chi connectivity index (χ1v) is 9.26. The lowest BCUT2D eigenvalue weighted by Gasteiger charge is -2.16. The molecule has 0 aliphatic rings. The van der Waals surface area contributed by atoms with Crippen LogP contribution in [0.5, 0.6) is 11.5 Å². The van der Waals surface area contributed by atoms with Gasteiger partial charge in [0, 0.05) is 6.07 Å².